The lowest BCUT2D eigenvalue weighted by molar-refractivity contribution is -0.384. The zero-order chi connectivity index (χ0) is 28.6. The van der Waals surface area contributed by atoms with Crippen molar-refractivity contribution in [2.24, 2.45) is 0 Å². The molecule has 0 unspecified atom stereocenters. The first-order chi connectivity index (χ1) is 19.1. The fraction of sp³-hybridized carbons (Fsp3) is 0.280. The lowest BCUT2D eigenvalue weighted by Gasteiger charge is -2.21. The molecule has 40 heavy (non-hydrogen) atoms. The highest BCUT2D eigenvalue weighted by Gasteiger charge is 2.24. The second-order valence-electron chi connectivity index (χ2n) is 9.00. The van der Waals surface area contributed by atoms with Crippen LogP contribution in [0.15, 0.2) is 42.7 Å². The summed E-state index contributed by atoms with van der Waals surface area (Å²) in [5.74, 6) is 1.21. The molecule has 15 heteroatoms. The molecule has 4 aromatic rings. The number of methoxy groups -OCH3 is 1. The quantitative estimate of drug-likeness (QED) is 0.161. The zero-order valence-electron chi connectivity index (χ0n) is 21.7. The zero-order valence-corrected chi connectivity index (χ0v) is 23.3. The summed E-state index contributed by atoms with van der Waals surface area (Å²) in [5.41, 5.74) is 2.45. The van der Waals surface area contributed by atoms with Crippen molar-refractivity contribution in [2.75, 3.05) is 50.4 Å². The van der Waals surface area contributed by atoms with Gasteiger partial charge in [-0.2, -0.15) is 8.42 Å². The Kier molecular flexibility index (Phi) is 7.40. The van der Waals surface area contributed by atoms with Gasteiger partial charge >= 0.3 is 0 Å². The molecule has 0 aliphatic carbocycles. The summed E-state index contributed by atoms with van der Waals surface area (Å²) in [6, 6.07) is 8.56. The molecular formula is C25H25ClN6O7S. The Balaban J connectivity index is 1.49. The normalized spacial score (nSPS) is 12.7. The predicted molar refractivity (Wildman–Crippen MR) is 150 cm³/mol. The Morgan fingerprint density at radius 3 is 2.85 bits per heavy atom. The molecule has 0 radical (unpaired) electrons. The average molecular weight is 589 g/mol. The van der Waals surface area contributed by atoms with E-state index in [0.29, 0.717) is 23.9 Å². The van der Waals surface area contributed by atoms with Crippen molar-refractivity contribution in [3.8, 4) is 22.8 Å². The van der Waals surface area contributed by atoms with E-state index in [0.717, 1.165) is 28.5 Å². The summed E-state index contributed by atoms with van der Waals surface area (Å²) < 4.78 is 40.7. The minimum absolute atomic E-state index is 0.0772. The van der Waals surface area contributed by atoms with Crippen LogP contribution in [-0.4, -0.2) is 68.0 Å². The summed E-state index contributed by atoms with van der Waals surface area (Å²) >= 11 is 6.53. The number of likely N-dealkylation sites (N-methyl/N-ethyl adjacent to an activating group) is 1. The van der Waals surface area contributed by atoms with E-state index >= 15 is 0 Å². The lowest BCUT2D eigenvalue weighted by atomic mass is 10.1. The van der Waals surface area contributed by atoms with E-state index in [1.165, 1.54) is 30.3 Å². The van der Waals surface area contributed by atoms with Crippen LogP contribution in [0.25, 0.3) is 22.2 Å². The number of hydrogen-bond donors (Lipinski definition) is 1. The summed E-state index contributed by atoms with van der Waals surface area (Å²) in [6.07, 6.45) is 4.36. The maximum Gasteiger partial charge on any atom is 0.294 e. The number of nitrogens with one attached hydrogen (secondary N) is 1. The summed E-state index contributed by atoms with van der Waals surface area (Å²) in [6.45, 7) is 1.14. The van der Waals surface area contributed by atoms with Crippen molar-refractivity contribution in [3.05, 3.63) is 57.9 Å². The number of benzene rings is 2. The molecular weight excluding hydrogens is 564 g/mol. The van der Waals surface area contributed by atoms with Gasteiger partial charge in [0.2, 0.25) is 5.95 Å². The number of rotatable bonds is 10. The number of nitro benzene ring substituents is 1. The third-order valence-electron chi connectivity index (χ3n) is 6.33. The highest BCUT2D eigenvalue weighted by Crippen LogP contribution is 2.41. The minimum Gasteiger partial charge on any atom is -0.494 e. The Bertz CT molecular complexity index is 1730. The molecule has 3 heterocycles. The monoisotopic (exact) mass is 588 g/mol. The number of hydrogen-bond acceptors (Lipinski definition) is 11. The van der Waals surface area contributed by atoms with Gasteiger partial charge in [-0.05, 0) is 6.07 Å². The van der Waals surface area contributed by atoms with Crippen LogP contribution in [0.3, 0.4) is 0 Å². The Morgan fingerprint density at radius 1 is 1.32 bits per heavy atom. The maximum atomic E-state index is 12.0. The number of para-hydroxylation sites is 1. The van der Waals surface area contributed by atoms with Gasteiger partial charge in [-0.25, -0.2) is 9.97 Å². The topological polar surface area (TPSA) is 151 Å². The highest BCUT2D eigenvalue weighted by molar-refractivity contribution is 7.85. The number of halogens is 1. The fourth-order valence-electron chi connectivity index (χ4n) is 4.52. The van der Waals surface area contributed by atoms with Crippen molar-refractivity contribution in [2.45, 2.75) is 6.54 Å². The van der Waals surface area contributed by atoms with Crippen LogP contribution in [0.4, 0.5) is 23.0 Å². The number of nitrogens with zero attached hydrogens (tertiary/aromatic N) is 5. The van der Waals surface area contributed by atoms with E-state index < -0.39 is 15.0 Å². The molecule has 0 bridgehead atoms. The number of ether oxygens (including phenoxy) is 2. The van der Waals surface area contributed by atoms with E-state index in [9.17, 15) is 18.5 Å². The molecule has 1 aliphatic heterocycles. The van der Waals surface area contributed by atoms with Crippen molar-refractivity contribution < 1.29 is 27.0 Å². The predicted octanol–water partition coefficient (Wildman–Crippen LogP) is 4.22. The van der Waals surface area contributed by atoms with Crippen molar-refractivity contribution in [3.63, 3.8) is 0 Å². The van der Waals surface area contributed by atoms with Crippen LogP contribution in [0.1, 0.15) is 0 Å². The third-order valence-corrected chi connectivity index (χ3v) is 7.20. The molecule has 0 amide bonds. The van der Waals surface area contributed by atoms with Crippen LogP contribution in [-0.2, 0) is 20.8 Å². The molecule has 2 aromatic carbocycles. The van der Waals surface area contributed by atoms with Crippen LogP contribution in [0, 0.1) is 10.1 Å². The van der Waals surface area contributed by atoms with Crippen LogP contribution < -0.4 is 19.7 Å². The van der Waals surface area contributed by atoms with Gasteiger partial charge in [-0.15, -0.1) is 0 Å². The summed E-state index contributed by atoms with van der Waals surface area (Å²) in [7, 11) is -0.641. The van der Waals surface area contributed by atoms with Gasteiger partial charge in [-0.1, -0.05) is 23.7 Å². The van der Waals surface area contributed by atoms with Gasteiger partial charge in [0.1, 0.15) is 23.8 Å². The average Bonchev–Trinajstić information content (AvgIpc) is 3.29. The molecule has 0 spiro atoms. The molecule has 0 fully saturated rings. The molecule has 0 saturated heterocycles. The Labute approximate surface area is 234 Å². The SMILES string of the molecule is COc1cc(N(C)CCOS(C)(=O)=O)c([N+](=O)[O-])cc1Nc1ncc(Cl)c(-c2cn3c4c(cccc24)OCC3)n1. The molecule has 13 nitrogen and oxygen atoms in total. The van der Waals surface area contributed by atoms with Gasteiger partial charge in [0.25, 0.3) is 15.8 Å². The van der Waals surface area contributed by atoms with E-state index in [-0.39, 0.29) is 41.9 Å². The molecule has 1 aliphatic rings. The van der Waals surface area contributed by atoms with Gasteiger partial charge in [-0.3, -0.25) is 14.3 Å². The number of aromatic nitrogens is 3. The lowest BCUT2D eigenvalue weighted by Crippen LogP contribution is -2.24. The van der Waals surface area contributed by atoms with Crippen molar-refractivity contribution >= 4 is 55.6 Å². The second kappa shape index (κ2) is 10.8. The molecule has 0 atom stereocenters. The van der Waals surface area contributed by atoms with Crippen molar-refractivity contribution in [1.29, 1.82) is 0 Å². The second-order valence-corrected chi connectivity index (χ2v) is 11.0. The molecule has 5 rings (SSSR count). The first-order valence-electron chi connectivity index (χ1n) is 12.0. The largest absolute Gasteiger partial charge is 0.494 e. The number of nitro groups is 1. The number of anilines is 3. The summed E-state index contributed by atoms with van der Waals surface area (Å²) in [5, 5.41) is 16.2. The Morgan fingerprint density at radius 2 is 2.12 bits per heavy atom. The van der Waals surface area contributed by atoms with Crippen LogP contribution in [0.2, 0.25) is 5.02 Å². The first kappa shape index (κ1) is 27.4. The van der Waals surface area contributed by atoms with Gasteiger partial charge in [0.05, 0.1) is 59.6 Å². The fourth-order valence-corrected chi connectivity index (χ4v) is 5.09. The van der Waals surface area contributed by atoms with E-state index in [2.05, 4.69) is 19.9 Å². The first-order valence-corrected chi connectivity index (χ1v) is 14.2. The van der Waals surface area contributed by atoms with Gasteiger partial charge in [0, 0.05) is 42.9 Å². The maximum absolute atomic E-state index is 12.0. The van der Waals surface area contributed by atoms with Crippen molar-refractivity contribution in [1.82, 2.24) is 14.5 Å². The summed E-state index contributed by atoms with van der Waals surface area (Å²) in [4.78, 5) is 21.8. The van der Waals surface area contributed by atoms with Gasteiger partial charge in [0.15, 0.2) is 0 Å². The minimum atomic E-state index is -3.65. The molecule has 210 valence electrons. The molecule has 1 N–H and O–H groups in total. The highest BCUT2D eigenvalue weighted by atomic mass is 35.5. The van der Waals surface area contributed by atoms with Crippen LogP contribution >= 0.6 is 11.6 Å². The Hall–Kier alpha value is -4.14. The van der Waals surface area contributed by atoms with Crippen LogP contribution in [0.5, 0.6) is 11.5 Å². The van der Waals surface area contributed by atoms with E-state index in [4.69, 9.17) is 25.3 Å². The molecule has 2 aromatic heterocycles. The molecule has 0 saturated carbocycles. The van der Waals surface area contributed by atoms with E-state index in [1.54, 1.807) is 7.05 Å². The standard InChI is InChI=1S/C25H25ClN6O7S/c1-30(7-10-39-40(3,35)36)19-12-22(37-2)18(11-20(19)32(33)34)28-25-27-13-17(26)23(29-25)16-14-31-8-9-38-21-6-4-5-15(16)24(21)31/h4-6,11-14H,7-10H2,1-3H3,(H,27,28,29). The van der Waals surface area contributed by atoms with Gasteiger partial charge < -0.3 is 24.3 Å². The third kappa shape index (κ3) is 5.46. The smallest absolute Gasteiger partial charge is 0.294 e. The van der Waals surface area contributed by atoms with E-state index in [1.807, 2.05) is 24.4 Å².